The van der Waals surface area contributed by atoms with Gasteiger partial charge in [-0.05, 0) is 0 Å². The lowest BCUT2D eigenvalue weighted by Gasteiger charge is -2.30. The molecule has 1 aromatic rings. The predicted molar refractivity (Wildman–Crippen MR) is 184 cm³/mol. The minimum atomic E-state index is -1.49. The summed E-state index contributed by atoms with van der Waals surface area (Å²) in [5.74, 6) is 0.245. The van der Waals surface area contributed by atoms with Gasteiger partial charge in [0.1, 0.15) is 0 Å². The smallest absolute Gasteiger partial charge is 0.205 e. The molecule has 0 spiro atoms. The molecule has 0 N–H and O–H groups in total. The van der Waals surface area contributed by atoms with E-state index in [0.717, 1.165) is 49.9 Å². The van der Waals surface area contributed by atoms with Crippen LogP contribution in [0.25, 0.3) is 0 Å². The second kappa shape index (κ2) is 21.6. The molecule has 0 radical (unpaired) electrons. The molecule has 0 aromatic carbocycles. The maximum atomic E-state index is 12.9. The topological polar surface area (TPSA) is 94.1 Å². The van der Waals surface area contributed by atoms with Crippen molar-refractivity contribution in [1.29, 1.82) is 0 Å². The Kier molecular flexibility index (Phi) is 20.5. The molecular weight excluding hydrogens is 613 g/mol. The van der Waals surface area contributed by atoms with Crippen molar-refractivity contribution in [3.05, 3.63) is 0 Å². The summed E-state index contributed by atoms with van der Waals surface area (Å²) >= 11 is 1.06. The minimum Gasteiger partial charge on any atom is -0.461 e. The lowest BCUT2D eigenvalue weighted by Crippen LogP contribution is -2.23. The van der Waals surface area contributed by atoms with Gasteiger partial charge in [-0.25, -0.2) is 0 Å². The highest BCUT2D eigenvalue weighted by Crippen LogP contribution is 2.22. The number of nitrogens with zero attached hydrogens (tertiary/aromatic N) is 2. The van der Waals surface area contributed by atoms with Crippen molar-refractivity contribution in [3.8, 4) is 0 Å². The fourth-order valence-electron chi connectivity index (χ4n) is 4.44. The van der Waals surface area contributed by atoms with Gasteiger partial charge in [-0.1, -0.05) is 165 Å². The fourth-order valence-corrected chi connectivity index (χ4v) is 10.7. The third-order valence-electron chi connectivity index (χ3n) is 7.37. The summed E-state index contributed by atoms with van der Waals surface area (Å²) in [6, 6.07) is 0. The van der Waals surface area contributed by atoms with Gasteiger partial charge in [0, 0.05) is 11.5 Å². The molecule has 0 saturated heterocycles. The maximum Gasteiger partial charge on any atom is 0.205 e. The fraction of sp³-hybridized carbons (Fsp3) is 0.867. The largest absolute Gasteiger partial charge is 0.461 e. The van der Waals surface area contributed by atoms with E-state index in [4.69, 9.17) is 0 Å². The number of hydrogen-bond donors (Lipinski definition) is 0. The molecule has 0 saturated carbocycles. The molecule has 2 unspecified atom stereocenters. The average Bonchev–Trinajstić information content (AvgIpc) is 3.44. The van der Waals surface area contributed by atoms with Crippen LogP contribution in [0.4, 0.5) is 0 Å². The molecule has 0 amide bonds. The summed E-state index contributed by atoms with van der Waals surface area (Å²) in [6.07, 6.45) is 18.8. The van der Waals surface area contributed by atoms with Crippen LogP contribution in [0.2, 0.25) is 0 Å². The van der Waals surface area contributed by atoms with Crippen LogP contribution in [0.3, 0.4) is 0 Å². The van der Waals surface area contributed by atoms with Gasteiger partial charge in [0.05, 0.1) is 21.6 Å². The van der Waals surface area contributed by atoms with E-state index in [2.05, 4.69) is 24.0 Å². The monoisotopic (exact) mass is 668 g/mol. The van der Waals surface area contributed by atoms with E-state index < -0.39 is 42.4 Å². The molecule has 0 bridgehead atoms. The first-order chi connectivity index (χ1) is 19.4. The molecule has 1 heterocycles. The third kappa shape index (κ3) is 16.5. The van der Waals surface area contributed by atoms with Crippen LogP contribution in [0.5, 0.6) is 0 Å². The zero-order valence-corrected chi connectivity index (χ0v) is 30.5. The molecule has 11 heteroatoms. The standard InChI is InChI=1S/C30H56N2O4S5/c1-7-9-11-13-15-17-19-21-29(3,4)40(35)25-23-38(33)27-31-32-28(37-27)39(34)24-26-41(36)30(5,6)22-20-18-16-14-12-10-8-2/h25-26H,7-24H2,1-6H3/q-2. The summed E-state index contributed by atoms with van der Waals surface area (Å²) in [5, 5.41) is 11.2. The lowest BCUT2D eigenvalue weighted by atomic mass is 10.0. The zero-order valence-electron chi connectivity index (χ0n) is 26.5. The van der Waals surface area contributed by atoms with Gasteiger partial charge in [0.25, 0.3) is 0 Å². The lowest BCUT2D eigenvalue weighted by molar-refractivity contribution is 0.517. The van der Waals surface area contributed by atoms with E-state index in [0.29, 0.717) is 0 Å². The first kappa shape index (κ1) is 38.9. The van der Waals surface area contributed by atoms with Crippen LogP contribution < -0.4 is 0 Å². The van der Waals surface area contributed by atoms with Crippen molar-refractivity contribution in [2.24, 2.45) is 0 Å². The molecule has 242 valence electrons. The van der Waals surface area contributed by atoms with Crippen LogP contribution in [-0.2, 0) is 50.8 Å². The summed E-state index contributed by atoms with van der Waals surface area (Å²) < 4.78 is 51.2. The highest BCUT2D eigenvalue weighted by Gasteiger charge is 2.15. The van der Waals surface area contributed by atoms with Gasteiger partial charge in [-0.2, -0.15) is 10.7 Å². The molecule has 0 aliphatic heterocycles. The van der Waals surface area contributed by atoms with Crippen molar-refractivity contribution in [1.82, 2.24) is 10.2 Å². The summed E-state index contributed by atoms with van der Waals surface area (Å²) in [5.41, 5.74) is 0. The molecular formula is C30H56N2O4S5-2. The van der Waals surface area contributed by atoms with Crippen LogP contribution in [-0.4, -0.2) is 50.3 Å². The molecule has 6 nitrogen and oxygen atoms in total. The van der Waals surface area contributed by atoms with Crippen molar-refractivity contribution >= 4 is 64.4 Å². The Balaban J connectivity index is 2.54. The summed E-state index contributed by atoms with van der Waals surface area (Å²) in [7, 11) is -5.42. The van der Waals surface area contributed by atoms with Gasteiger partial charge in [-0.15, -0.1) is 10.2 Å². The number of hydrogen-bond acceptors (Lipinski definition) is 9. The van der Waals surface area contributed by atoms with E-state index in [1.165, 1.54) is 64.2 Å². The van der Waals surface area contributed by atoms with Gasteiger partial charge in [-0.3, -0.25) is 29.2 Å². The van der Waals surface area contributed by atoms with Crippen molar-refractivity contribution < 1.29 is 16.8 Å². The zero-order chi connectivity index (χ0) is 30.7. The average molecular weight is 669 g/mol. The van der Waals surface area contributed by atoms with Crippen LogP contribution in [0.1, 0.15) is 144 Å². The van der Waals surface area contributed by atoms with E-state index in [1.54, 1.807) is 10.7 Å². The summed E-state index contributed by atoms with van der Waals surface area (Å²) in [6.45, 7) is 12.4. The van der Waals surface area contributed by atoms with Gasteiger partial charge in [0.15, 0.2) is 0 Å². The predicted octanol–water partition coefficient (Wildman–Crippen LogP) is 8.12. The van der Waals surface area contributed by atoms with Crippen molar-refractivity contribution in [2.75, 3.05) is 11.5 Å². The van der Waals surface area contributed by atoms with Crippen molar-refractivity contribution in [3.63, 3.8) is 0 Å². The van der Waals surface area contributed by atoms with Gasteiger partial charge < -0.3 is 8.42 Å². The Hall–Kier alpha value is -0.100. The normalized spacial score (nSPS) is 15.8. The molecule has 1 aromatic heterocycles. The first-order valence-corrected chi connectivity index (χ1v) is 21.4. The second-order valence-electron chi connectivity index (χ2n) is 12.0. The highest BCUT2D eigenvalue weighted by molar-refractivity contribution is 7.93. The number of unbranched alkanes of at least 4 members (excludes halogenated alkanes) is 12. The molecule has 41 heavy (non-hydrogen) atoms. The Labute approximate surface area is 264 Å². The molecule has 0 aliphatic rings. The minimum absolute atomic E-state index is 0.122. The third-order valence-corrected chi connectivity index (χ3v) is 15.3. The Morgan fingerprint density at radius 3 is 1.27 bits per heavy atom. The quantitative estimate of drug-likeness (QED) is 0.0627. The molecule has 0 aliphatic carbocycles. The van der Waals surface area contributed by atoms with Gasteiger partial charge >= 0.3 is 0 Å². The van der Waals surface area contributed by atoms with E-state index in [1.807, 2.05) is 27.7 Å². The van der Waals surface area contributed by atoms with Crippen LogP contribution >= 0.6 is 11.3 Å². The van der Waals surface area contributed by atoms with E-state index in [9.17, 15) is 16.8 Å². The Morgan fingerprint density at radius 2 is 0.927 bits per heavy atom. The van der Waals surface area contributed by atoms with E-state index in [-0.39, 0.29) is 29.7 Å². The molecule has 0 fully saturated rings. The number of rotatable bonds is 24. The SMILES string of the molecule is CCCCCCCCCC(C)(C)/[S-](=O)=C/CS(=O)c1nnc(S(=O)C/C=[S-](=O)/C(C)(C)CCCCCCCCC)s1. The van der Waals surface area contributed by atoms with E-state index >= 15 is 0 Å². The second-order valence-corrected chi connectivity index (χ2v) is 20.4. The highest BCUT2D eigenvalue weighted by atomic mass is 32.2. The summed E-state index contributed by atoms with van der Waals surface area (Å²) in [4.78, 5) is 0. The van der Waals surface area contributed by atoms with Crippen LogP contribution in [0, 0.1) is 0 Å². The van der Waals surface area contributed by atoms with Gasteiger partial charge in [0.2, 0.25) is 8.68 Å². The number of aromatic nitrogens is 2. The molecule has 2 atom stereocenters. The molecule has 1 rings (SSSR count). The first-order valence-electron chi connectivity index (χ1n) is 15.5. The maximum absolute atomic E-state index is 12.9. The Morgan fingerprint density at radius 1 is 0.610 bits per heavy atom. The Bertz CT molecular complexity index is 1000. The van der Waals surface area contributed by atoms with Crippen molar-refractivity contribution in [2.45, 2.75) is 162 Å². The van der Waals surface area contributed by atoms with Crippen LogP contribution in [0.15, 0.2) is 8.68 Å².